The molecule has 0 fully saturated rings. The van der Waals surface area contributed by atoms with Crippen molar-refractivity contribution in [2.45, 2.75) is 13.8 Å². The predicted octanol–water partition coefficient (Wildman–Crippen LogP) is -1.88. The minimum atomic E-state index is 0. The molecule has 0 bridgehead atoms. The Morgan fingerprint density at radius 2 is 1.29 bits per heavy atom. The van der Waals surface area contributed by atoms with Crippen LogP contribution in [0.15, 0.2) is 0 Å². The Morgan fingerprint density at radius 1 is 1.14 bits per heavy atom. The summed E-state index contributed by atoms with van der Waals surface area (Å²) in [5.41, 5.74) is 0. The van der Waals surface area contributed by atoms with Gasteiger partial charge in [-0.3, -0.25) is 6.04 Å². The summed E-state index contributed by atoms with van der Waals surface area (Å²) in [6.45, 7) is 4.17. The summed E-state index contributed by atoms with van der Waals surface area (Å²) >= 11 is 0. The van der Waals surface area contributed by atoms with E-state index >= 15 is 0 Å². The Morgan fingerprint density at radius 3 is 1.29 bits per heavy atom. The van der Waals surface area contributed by atoms with Crippen molar-refractivity contribution in [1.29, 1.82) is 0 Å². The van der Waals surface area contributed by atoms with Crippen LogP contribution in [-0.4, -0.2) is 19.0 Å². The Balaban J connectivity index is 0. The number of hydrogen-bond donors (Lipinski definition) is 0. The summed E-state index contributed by atoms with van der Waals surface area (Å²) in [5, 5.41) is 0. The fraction of sp³-hybridized carbons (Fsp3) is 0.800. The summed E-state index contributed by atoms with van der Waals surface area (Å²) in [6, 6.07) is 1.34. The molecule has 0 aliphatic rings. The smallest absolute Gasteiger partial charge is 0.459 e. The molecule has 0 aromatic heterocycles. The van der Waals surface area contributed by atoms with Gasteiger partial charge in [-0.2, -0.15) is 13.8 Å². The fourth-order valence-corrected chi connectivity index (χ4v) is 0. The van der Waals surface area contributed by atoms with Crippen molar-refractivity contribution in [1.82, 2.24) is 4.90 Å². The van der Waals surface area contributed by atoms with Gasteiger partial charge in [-0.1, -0.05) is 0 Å². The van der Waals surface area contributed by atoms with Crippen LogP contribution in [0, 0.1) is 6.04 Å². The van der Waals surface area contributed by atoms with E-state index in [2.05, 4.69) is 18.7 Å². The molecule has 0 N–H and O–H groups in total. The van der Waals surface area contributed by atoms with E-state index in [1.807, 2.05) is 14.1 Å². The maximum atomic E-state index is 2.08. The molecule has 0 amide bonds. The average molecular weight is 93.1 g/mol. The molecule has 0 aromatic rings. The molecule has 0 aliphatic heterocycles. The Kier molecular flexibility index (Phi) is 7.08. The molecule has 0 spiro atoms. The van der Waals surface area contributed by atoms with Crippen LogP contribution >= 0.6 is 0 Å². The zero-order valence-corrected chi connectivity index (χ0v) is 5.95. The minimum absolute atomic E-state index is 0. The molecule has 0 saturated heterocycles. The van der Waals surface area contributed by atoms with Crippen LogP contribution in [0.1, 0.15) is 13.8 Å². The molecule has 0 heterocycles. The van der Waals surface area contributed by atoms with E-state index in [4.69, 9.17) is 0 Å². The van der Waals surface area contributed by atoms with Crippen molar-refractivity contribution < 1.29 is 18.9 Å². The molecular formula is C5H12LiN. The third kappa shape index (κ3) is 6.56. The van der Waals surface area contributed by atoms with Crippen molar-refractivity contribution in [3.8, 4) is 0 Å². The van der Waals surface area contributed by atoms with Gasteiger partial charge in [0.05, 0.1) is 0 Å². The standard InChI is InChI=1S/C5H12N.Li/c1-5(2)6(3)4;/h1-4H3;/q-1;+1. The van der Waals surface area contributed by atoms with Crippen LogP contribution in [0.5, 0.6) is 0 Å². The van der Waals surface area contributed by atoms with Crippen molar-refractivity contribution >= 4 is 0 Å². The van der Waals surface area contributed by atoms with Gasteiger partial charge in [-0.25, -0.2) is 0 Å². The second kappa shape index (κ2) is 4.71. The molecule has 0 rings (SSSR count). The molecule has 0 aliphatic carbocycles. The summed E-state index contributed by atoms with van der Waals surface area (Å²) in [4.78, 5) is 2.08. The average Bonchev–Trinajstić information content (AvgIpc) is 1.36. The van der Waals surface area contributed by atoms with Gasteiger partial charge in [-0.05, 0) is 14.1 Å². The van der Waals surface area contributed by atoms with Gasteiger partial charge >= 0.3 is 18.9 Å². The van der Waals surface area contributed by atoms with Crippen molar-refractivity contribution in [3.63, 3.8) is 0 Å². The van der Waals surface area contributed by atoms with E-state index in [1.54, 1.807) is 0 Å². The van der Waals surface area contributed by atoms with Gasteiger partial charge < -0.3 is 4.90 Å². The van der Waals surface area contributed by atoms with Gasteiger partial charge in [0.15, 0.2) is 0 Å². The van der Waals surface area contributed by atoms with E-state index in [0.717, 1.165) is 0 Å². The molecular weight excluding hydrogens is 81.0 g/mol. The van der Waals surface area contributed by atoms with Crippen LogP contribution < -0.4 is 18.9 Å². The Labute approximate surface area is 58.3 Å². The topological polar surface area (TPSA) is 3.24 Å². The molecule has 1 nitrogen and oxygen atoms in total. The van der Waals surface area contributed by atoms with Gasteiger partial charge in [0.2, 0.25) is 0 Å². The molecule has 0 aromatic carbocycles. The van der Waals surface area contributed by atoms with Crippen molar-refractivity contribution in [3.05, 3.63) is 6.04 Å². The first kappa shape index (κ1) is 10.5. The molecule has 0 radical (unpaired) electrons. The first-order valence-electron chi connectivity index (χ1n) is 2.12. The van der Waals surface area contributed by atoms with Gasteiger partial charge in [0, 0.05) is 0 Å². The SMILES string of the molecule is C[C-](C)N(C)C.[Li+]. The van der Waals surface area contributed by atoms with Crippen molar-refractivity contribution in [2.75, 3.05) is 14.1 Å². The third-order valence-corrected chi connectivity index (χ3v) is 0.894. The van der Waals surface area contributed by atoms with Crippen LogP contribution in [0.4, 0.5) is 0 Å². The Bertz CT molecular complexity index is 29.1. The largest absolute Gasteiger partial charge is 1.00 e. The first-order valence-corrected chi connectivity index (χ1v) is 2.12. The van der Waals surface area contributed by atoms with E-state index < -0.39 is 0 Å². The molecule has 2 heteroatoms. The quantitative estimate of drug-likeness (QED) is 0.271. The van der Waals surface area contributed by atoms with Gasteiger partial charge in [0.1, 0.15) is 0 Å². The van der Waals surface area contributed by atoms with E-state index in [-0.39, 0.29) is 18.9 Å². The maximum Gasteiger partial charge on any atom is 1.00 e. The second-order valence-electron chi connectivity index (χ2n) is 1.84. The normalized spacial score (nSPS) is 9.43. The monoisotopic (exact) mass is 93.1 g/mol. The van der Waals surface area contributed by atoms with Gasteiger partial charge in [-0.15, -0.1) is 0 Å². The second-order valence-corrected chi connectivity index (χ2v) is 1.84. The fourth-order valence-electron chi connectivity index (χ4n) is 0. The zero-order chi connectivity index (χ0) is 5.15. The van der Waals surface area contributed by atoms with Crippen LogP contribution in [-0.2, 0) is 0 Å². The molecule has 0 saturated carbocycles. The number of nitrogens with zero attached hydrogens (tertiary/aromatic N) is 1. The van der Waals surface area contributed by atoms with E-state index in [1.165, 1.54) is 6.04 Å². The molecule has 7 heavy (non-hydrogen) atoms. The molecule has 0 unspecified atom stereocenters. The van der Waals surface area contributed by atoms with Crippen molar-refractivity contribution in [2.24, 2.45) is 0 Å². The summed E-state index contributed by atoms with van der Waals surface area (Å²) < 4.78 is 0. The minimum Gasteiger partial charge on any atom is -0.459 e. The first-order chi connectivity index (χ1) is 2.64. The van der Waals surface area contributed by atoms with E-state index in [9.17, 15) is 0 Å². The Hall–Kier alpha value is 0.557. The van der Waals surface area contributed by atoms with Crippen LogP contribution in [0.3, 0.4) is 0 Å². The van der Waals surface area contributed by atoms with E-state index in [0.29, 0.717) is 0 Å². The van der Waals surface area contributed by atoms with Crippen LogP contribution in [0.25, 0.3) is 0 Å². The summed E-state index contributed by atoms with van der Waals surface area (Å²) in [7, 11) is 4.07. The molecule has 38 valence electrons. The predicted molar refractivity (Wildman–Crippen MR) is 28.3 cm³/mol. The summed E-state index contributed by atoms with van der Waals surface area (Å²) in [5.74, 6) is 0. The number of hydrogen-bond acceptors (Lipinski definition) is 1. The molecule has 0 atom stereocenters. The number of rotatable bonds is 1. The summed E-state index contributed by atoms with van der Waals surface area (Å²) in [6.07, 6.45) is 0. The third-order valence-electron chi connectivity index (χ3n) is 0.894. The van der Waals surface area contributed by atoms with Gasteiger partial charge in [0.25, 0.3) is 0 Å². The zero-order valence-electron chi connectivity index (χ0n) is 5.95. The van der Waals surface area contributed by atoms with Crippen LogP contribution in [0.2, 0.25) is 0 Å². The maximum absolute atomic E-state index is 2.08.